The number of nitrogens with one attached hydrogen (secondary N) is 1. The van der Waals surface area contributed by atoms with Gasteiger partial charge in [-0.3, -0.25) is 4.79 Å². The lowest BCUT2D eigenvalue weighted by Crippen LogP contribution is -2.37. The molecule has 122 valence electrons. The molecule has 0 aliphatic carbocycles. The van der Waals surface area contributed by atoms with E-state index in [-0.39, 0.29) is 5.91 Å². The Balaban J connectivity index is 1.75. The summed E-state index contributed by atoms with van der Waals surface area (Å²) in [7, 11) is 1.64. The Bertz CT molecular complexity index is 626. The average Bonchev–Trinajstić information content (AvgIpc) is 2.57. The third-order valence-electron chi connectivity index (χ3n) is 3.37. The van der Waals surface area contributed by atoms with Gasteiger partial charge in [0.1, 0.15) is 11.5 Å². The maximum absolute atomic E-state index is 12.0. The van der Waals surface area contributed by atoms with Gasteiger partial charge < -0.3 is 14.8 Å². The quantitative estimate of drug-likeness (QED) is 0.844. The molecule has 0 fully saturated rings. The van der Waals surface area contributed by atoms with Crippen LogP contribution in [0.4, 0.5) is 0 Å². The minimum absolute atomic E-state index is 0.145. The minimum Gasteiger partial charge on any atom is -0.497 e. The highest BCUT2D eigenvalue weighted by atomic mass is 35.5. The fourth-order valence-electron chi connectivity index (χ4n) is 2.04. The number of rotatable bonds is 7. The van der Waals surface area contributed by atoms with Crippen molar-refractivity contribution in [3.05, 3.63) is 59.1 Å². The number of carbonyl (C=O) groups excluding carboxylic acids is 1. The molecule has 0 heterocycles. The molecule has 0 aliphatic heterocycles. The van der Waals surface area contributed by atoms with Crippen LogP contribution in [-0.4, -0.2) is 25.7 Å². The monoisotopic (exact) mass is 333 g/mol. The molecule has 0 radical (unpaired) electrons. The van der Waals surface area contributed by atoms with Crippen LogP contribution in [0.25, 0.3) is 0 Å². The van der Waals surface area contributed by atoms with Crippen LogP contribution in [0.5, 0.6) is 11.5 Å². The SMILES string of the molecule is COc1ccc(CCNC(=O)[C@@H](C)Oc2ccc(Cl)cc2)cc1. The molecular formula is C18H20ClNO3. The van der Waals surface area contributed by atoms with E-state index >= 15 is 0 Å². The van der Waals surface area contributed by atoms with Gasteiger partial charge in [-0.25, -0.2) is 0 Å². The molecule has 0 aromatic heterocycles. The average molecular weight is 334 g/mol. The highest BCUT2D eigenvalue weighted by Gasteiger charge is 2.13. The minimum atomic E-state index is -0.563. The highest BCUT2D eigenvalue weighted by molar-refractivity contribution is 6.30. The summed E-state index contributed by atoms with van der Waals surface area (Å²) in [6.45, 7) is 2.27. The molecular weight excluding hydrogens is 314 g/mol. The molecule has 0 saturated carbocycles. The van der Waals surface area contributed by atoms with E-state index in [0.717, 1.165) is 17.7 Å². The van der Waals surface area contributed by atoms with Crippen LogP contribution in [0.2, 0.25) is 5.02 Å². The van der Waals surface area contributed by atoms with Gasteiger partial charge in [-0.15, -0.1) is 0 Å². The smallest absolute Gasteiger partial charge is 0.260 e. The second-order valence-corrected chi connectivity index (χ2v) is 5.54. The second-order valence-electron chi connectivity index (χ2n) is 5.10. The molecule has 23 heavy (non-hydrogen) atoms. The number of carbonyl (C=O) groups is 1. The van der Waals surface area contributed by atoms with Crippen LogP contribution < -0.4 is 14.8 Å². The van der Waals surface area contributed by atoms with E-state index in [0.29, 0.717) is 17.3 Å². The molecule has 1 atom stereocenters. The van der Waals surface area contributed by atoms with Gasteiger partial charge >= 0.3 is 0 Å². The summed E-state index contributed by atoms with van der Waals surface area (Å²) in [5.74, 6) is 1.29. The topological polar surface area (TPSA) is 47.6 Å². The number of ether oxygens (including phenoxy) is 2. The number of hydrogen-bond acceptors (Lipinski definition) is 3. The largest absolute Gasteiger partial charge is 0.497 e. The number of amides is 1. The first-order chi connectivity index (χ1) is 11.1. The zero-order chi connectivity index (χ0) is 16.7. The summed E-state index contributed by atoms with van der Waals surface area (Å²) in [5, 5.41) is 3.50. The van der Waals surface area contributed by atoms with Gasteiger partial charge in [0.15, 0.2) is 6.10 Å². The molecule has 2 aromatic rings. The van der Waals surface area contributed by atoms with E-state index in [1.807, 2.05) is 24.3 Å². The standard InChI is InChI=1S/C18H20ClNO3/c1-13(23-17-9-5-15(19)6-10-17)18(21)20-12-11-14-3-7-16(22-2)8-4-14/h3-10,13H,11-12H2,1-2H3,(H,20,21)/t13-/m1/s1. The molecule has 1 amide bonds. The van der Waals surface area contributed by atoms with Gasteiger partial charge in [0, 0.05) is 11.6 Å². The number of halogens is 1. The molecule has 2 rings (SSSR count). The number of benzene rings is 2. The van der Waals surface area contributed by atoms with E-state index in [1.165, 1.54) is 0 Å². The van der Waals surface area contributed by atoms with Crippen molar-refractivity contribution in [2.75, 3.05) is 13.7 Å². The molecule has 0 aliphatic rings. The molecule has 0 saturated heterocycles. The van der Waals surface area contributed by atoms with Crippen LogP contribution in [0, 0.1) is 0 Å². The summed E-state index contributed by atoms with van der Waals surface area (Å²) in [4.78, 5) is 12.0. The zero-order valence-corrected chi connectivity index (χ0v) is 14.0. The molecule has 0 bridgehead atoms. The van der Waals surface area contributed by atoms with Gasteiger partial charge in [0.2, 0.25) is 0 Å². The van der Waals surface area contributed by atoms with E-state index in [2.05, 4.69) is 5.32 Å². The van der Waals surface area contributed by atoms with Crippen molar-refractivity contribution in [3.8, 4) is 11.5 Å². The van der Waals surface area contributed by atoms with Crippen LogP contribution >= 0.6 is 11.6 Å². The molecule has 2 aromatic carbocycles. The van der Waals surface area contributed by atoms with Crippen molar-refractivity contribution >= 4 is 17.5 Å². The highest BCUT2D eigenvalue weighted by Crippen LogP contribution is 2.16. The van der Waals surface area contributed by atoms with Crippen molar-refractivity contribution in [1.82, 2.24) is 5.32 Å². The first-order valence-electron chi connectivity index (χ1n) is 7.41. The lowest BCUT2D eigenvalue weighted by atomic mass is 10.1. The third-order valence-corrected chi connectivity index (χ3v) is 3.62. The normalized spacial score (nSPS) is 11.6. The van der Waals surface area contributed by atoms with Crippen LogP contribution in [0.15, 0.2) is 48.5 Å². The summed E-state index contributed by atoms with van der Waals surface area (Å²) in [6, 6.07) is 14.7. The lowest BCUT2D eigenvalue weighted by Gasteiger charge is -2.14. The maximum Gasteiger partial charge on any atom is 0.260 e. The van der Waals surface area contributed by atoms with Crippen molar-refractivity contribution in [2.24, 2.45) is 0 Å². The molecule has 1 N–H and O–H groups in total. The summed E-state index contributed by atoms with van der Waals surface area (Å²) < 4.78 is 10.7. The fraction of sp³-hybridized carbons (Fsp3) is 0.278. The summed E-state index contributed by atoms with van der Waals surface area (Å²) in [5.41, 5.74) is 1.14. The molecule has 4 nitrogen and oxygen atoms in total. The second kappa shape index (κ2) is 8.44. The fourth-order valence-corrected chi connectivity index (χ4v) is 2.16. The van der Waals surface area contributed by atoms with Gasteiger partial charge in [-0.2, -0.15) is 0 Å². The van der Waals surface area contributed by atoms with Gasteiger partial charge in [0.25, 0.3) is 5.91 Å². The van der Waals surface area contributed by atoms with Gasteiger partial charge in [-0.1, -0.05) is 23.7 Å². The summed E-state index contributed by atoms with van der Waals surface area (Å²) in [6.07, 6.45) is 0.190. The zero-order valence-electron chi connectivity index (χ0n) is 13.2. The van der Waals surface area contributed by atoms with E-state index in [4.69, 9.17) is 21.1 Å². The molecule has 0 unspecified atom stereocenters. The molecule has 5 heteroatoms. The van der Waals surface area contributed by atoms with Crippen molar-refractivity contribution in [2.45, 2.75) is 19.4 Å². The Hall–Kier alpha value is -2.20. The third kappa shape index (κ3) is 5.49. The molecule has 0 spiro atoms. The Kier molecular flexibility index (Phi) is 6.29. The Labute approximate surface area is 141 Å². The van der Waals surface area contributed by atoms with Crippen molar-refractivity contribution < 1.29 is 14.3 Å². The predicted molar refractivity (Wildman–Crippen MR) is 91.2 cm³/mol. The van der Waals surface area contributed by atoms with Crippen LogP contribution in [0.1, 0.15) is 12.5 Å². The van der Waals surface area contributed by atoms with Crippen LogP contribution in [0.3, 0.4) is 0 Å². The van der Waals surface area contributed by atoms with E-state index in [1.54, 1.807) is 38.3 Å². The van der Waals surface area contributed by atoms with E-state index in [9.17, 15) is 4.79 Å². The Morgan fingerprint density at radius 1 is 1.09 bits per heavy atom. The maximum atomic E-state index is 12.0. The first-order valence-corrected chi connectivity index (χ1v) is 7.79. The van der Waals surface area contributed by atoms with Gasteiger partial charge in [-0.05, 0) is 55.3 Å². The number of methoxy groups -OCH3 is 1. The first kappa shape index (κ1) is 17.2. The van der Waals surface area contributed by atoms with Gasteiger partial charge in [0.05, 0.1) is 7.11 Å². The van der Waals surface area contributed by atoms with E-state index < -0.39 is 6.10 Å². The predicted octanol–water partition coefficient (Wildman–Crippen LogP) is 3.47. The van der Waals surface area contributed by atoms with Crippen molar-refractivity contribution in [1.29, 1.82) is 0 Å². The number of hydrogen-bond donors (Lipinski definition) is 1. The Morgan fingerprint density at radius 2 is 1.70 bits per heavy atom. The lowest BCUT2D eigenvalue weighted by molar-refractivity contribution is -0.127. The van der Waals surface area contributed by atoms with Crippen molar-refractivity contribution in [3.63, 3.8) is 0 Å². The summed E-state index contributed by atoms with van der Waals surface area (Å²) >= 11 is 5.81. The Morgan fingerprint density at radius 3 is 2.30 bits per heavy atom. The van der Waals surface area contributed by atoms with Crippen LogP contribution in [-0.2, 0) is 11.2 Å².